The number of ether oxygens (including phenoxy) is 1. The summed E-state index contributed by atoms with van der Waals surface area (Å²) >= 11 is 3.36. The molecule has 1 rings (SSSR count). The number of hydrogen-bond donors (Lipinski definition) is 2. The molecule has 1 aromatic rings. The van der Waals surface area contributed by atoms with Crippen molar-refractivity contribution >= 4 is 45.6 Å². The van der Waals surface area contributed by atoms with E-state index in [2.05, 4.69) is 21.2 Å². The van der Waals surface area contributed by atoms with Crippen LogP contribution in [-0.4, -0.2) is 19.1 Å². The molecular formula is C12H18BrClN2O2. The Kier molecular flexibility index (Phi) is 7.98. The van der Waals surface area contributed by atoms with Gasteiger partial charge in [-0.05, 0) is 31.0 Å². The van der Waals surface area contributed by atoms with Gasteiger partial charge in [-0.15, -0.1) is 12.4 Å². The van der Waals surface area contributed by atoms with Crippen LogP contribution in [0.3, 0.4) is 0 Å². The lowest BCUT2D eigenvalue weighted by Gasteiger charge is -2.11. The fourth-order valence-corrected chi connectivity index (χ4v) is 1.93. The van der Waals surface area contributed by atoms with Gasteiger partial charge in [-0.3, -0.25) is 4.79 Å². The van der Waals surface area contributed by atoms with Crippen molar-refractivity contribution in [3.8, 4) is 0 Å². The van der Waals surface area contributed by atoms with E-state index in [9.17, 15) is 4.79 Å². The van der Waals surface area contributed by atoms with E-state index in [0.29, 0.717) is 18.0 Å². The molecule has 0 saturated heterocycles. The predicted octanol–water partition coefficient (Wildman–Crippen LogP) is 3.13. The van der Waals surface area contributed by atoms with Gasteiger partial charge in [0.05, 0.1) is 11.4 Å². The maximum Gasteiger partial charge on any atom is 0.250 e. The highest BCUT2D eigenvalue weighted by Gasteiger charge is 2.08. The molecule has 0 heterocycles. The van der Waals surface area contributed by atoms with E-state index >= 15 is 0 Å². The first kappa shape index (κ1) is 17.2. The van der Waals surface area contributed by atoms with E-state index < -0.39 is 0 Å². The zero-order valence-electron chi connectivity index (χ0n) is 10.5. The number of carbonyl (C=O) groups excluding carboxylic acids is 1. The van der Waals surface area contributed by atoms with E-state index in [-0.39, 0.29) is 24.9 Å². The number of nitrogens with one attached hydrogen (secondary N) is 1. The molecule has 0 atom stereocenters. The molecule has 6 heteroatoms. The first-order valence-corrected chi connectivity index (χ1v) is 6.27. The van der Waals surface area contributed by atoms with Gasteiger partial charge < -0.3 is 15.8 Å². The summed E-state index contributed by atoms with van der Waals surface area (Å²) in [6.45, 7) is 4.52. The Morgan fingerprint density at radius 1 is 1.50 bits per heavy atom. The number of benzene rings is 1. The van der Waals surface area contributed by atoms with Crippen molar-refractivity contribution in [2.75, 3.05) is 24.3 Å². The SMILES string of the molecule is CCCOCC(=O)Nc1cc(Br)cc(C)c1N.Cl. The molecule has 4 nitrogen and oxygen atoms in total. The molecule has 0 bridgehead atoms. The van der Waals surface area contributed by atoms with Crippen LogP contribution < -0.4 is 11.1 Å². The number of nitrogen functional groups attached to an aromatic ring is 1. The van der Waals surface area contributed by atoms with E-state index in [4.69, 9.17) is 10.5 Å². The number of carbonyl (C=O) groups is 1. The Balaban J connectivity index is 0.00000289. The Labute approximate surface area is 122 Å². The van der Waals surface area contributed by atoms with Crippen LogP contribution in [0, 0.1) is 6.92 Å². The van der Waals surface area contributed by atoms with Crippen LogP contribution in [0.2, 0.25) is 0 Å². The van der Waals surface area contributed by atoms with Crippen molar-refractivity contribution in [1.82, 2.24) is 0 Å². The minimum Gasteiger partial charge on any atom is -0.397 e. The molecule has 3 N–H and O–H groups in total. The molecule has 0 aliphatic heterocycles. The summed E-state index contributed by atoms with van der Waals surface area (Å²) in [6, 6.07) is 3.68. The average Bonchev–Trinajstić information content (AvgIpc) is 2.25. The standard InChI is InChI=1S/C12H17BrN2O2.ClH/c1-3-4-17-7-11(16)15-10-6-9(13)5-8(2)12(10)14;/h5-6H,3-4,7,14H2,1-2H3,(H,15,16);1H. The van der Waals surface area contributed by atoms with Crippen molar-refractivity contribution < 1.29 is 9.53 Å². The highest BCUT2D eigenvalue weighted by atomic mass is 79.9. The number of amides is 1. The lowest BCUT2D eigenvalue weighted by Crippen LogP contribution is -2.19. The molecule has 0 radical (unpaired) electrons. The van der Waals surface area contributed by atoms with Gasteiger partial charge in [0.1, 0.15) is 6.61 Å². The first-order chi connectivity index (χ1) is 8.04. The van der Waals surface area contributed by atoms with Gasteiger partial charge in [0.15, 0.2) is 0 Å². The van der Waals surface area contributed by atoms with Crippen molar-refractivity contribution in [1.29, 1.82) is 0 Å². The maximum atomic E-state index is 11.6. The summed E-state index contributed by atoms with van der Waals surface area (Å²) in [5, 5.41) is 2.73. The van der Waals surface area contributed by atoms with Crippen molar-refractivity contribution in [2.45, 2.75) is 20.3 Å². The summed E-state index contributed by atoms with van der Waals surface area (Å²) in [4.78, 5) is 11.6. The van der Waals surface area contributed by atoms with E-state index in [1.54, 1.807) is 6.07 Å². The summed E-state index contributed by atoms with van der Waals surface area (Å²) in [5.41, 5.74) is 7.99. The van der Waals surface area contributed by atoms with Crippen LogP contribution >= 0.6 is 28.3 Å². The van der Waals surface area contributed by atoms with E-state index in [0.717, 1.165) is 16.5 Å². The Bertz CT molecular complexity index is 413. The minimum absolute atomic E-state index is 0. The summed E-state index contributed by atoms with van der Waals surface area (Å²) in [7, 11) is 0. The molecule has 0 aliphatic rings. The predicted molar refractivity (Wildman–Crippen MR) is 80.3 cm³/mol. The van der Waals surface area contributed by atoms with Crippen LogP contribution in [0.15, 0.2) is 16.6 Å². The maximum absolute atomic E-state index is 11.6. The third-order valence-electron chi connectivity index (χ3n) is 2.21. The molecule has 0 unspecified atom stereocenters. The fourth-order valence-electron chi connectivity index (χ4n) is 1.35. The quantitative estimate of drug-likeness (QED) is 0.641. The summed E-state index contributed by atoms with van der Waals surface area (Å²) < 4.78 is 6.04. The van der Waals surface area contributed by atoms with Gasteiger partial charge in [0.2, 0.25) is 5.91 Å². The average molecular weight is 338 g/mol. The Hall–Kier alpha value is -0.780. The molecule has 0 spiro atoms. The van der Waals surface area contributed by atoms with Crippen LogP contribution in [-0.2, 0) is 9.53 Å². The van der Waals surface area contributed by atoms with Crippen LogP contribution in [0.1, 0.15) is 18.9 Å². The van der Waals surface area contributed by atoms with Gasteiger partial charge in [-0.2, -0.15) is 0 Å². The number of halogens is 2. The fraction of sp³-hybridized carbons (Fsp3) is 0.417. The molecule has 102 valence electrons. The number of anilines is 2. The lowest BCUT2D eigenvalue weighted by molar-refractivity contribution is -0.120. The first-order valence-electron chi connectivity index (χ1n) is 5.47. The largest absolute Gasteiger partial charge is 0.397 e. The second kappa shape index (κ2) is 8.34. The highest BCUT2D eigenvalue weighted by Crippen LogP contribution is 2.27. The molecule has 0 aromatic heterocycles. The topological polar surface area (TPSA) is 64.3 Å². The van der Waals surface area contributed by atoms with Crippen LogP contribution in [0.5, 0.6) is 0 Å². The molecule has 1 amide bonds. The number of aryl methyl sites for hydroxylation is 1. The van der Waals surface area contributed by atoms with Gasteiger partial charge in [0.25, 0.3) is 0 Å². The zero-order chi connectivity index (χ0) is 12.8. The van der Waals surface area contributed by atoms with Crippen molar-refractivity contribution in [3.05, 3.63) is 22.2 Å². The number of rotatable bonds is 5. The number of nitrogens with two attached hydrogens (primary N) is 1. The molecular weight excluding hydrogens is 320 g/mol. The molecule has 0 saturated carbocycles. The van der Waals surface area contributed by atoms with Crippen LogP contribution in [0.4, 0.5) is 11.4 Å². The van der Waals surface area contributed by atoms with Gasteiger partial charge in [-0.25, -0.2) is 0 Å². The summed E-state index contributed by atoms with van der Waals surface area (Å²) in [5.74, 6) is -0.192. The monoisotopic (exact) mass is 336 g/mol. The van der Waals surface area contributed by atoms with Crippen LogP contribution in [0.25, 0.3) is 0 Å². The van der Waals surface area contributed by atoms with Crippen molar-refractivity contribution in [2.24, 2.45) is 0 Å². The summed E-state index contributed by atoms with van der Waals surface area (Å²) in [6.07, 6.45) is 0.894. The third kappa shape index (κ3) is 5.25. The minimum atomic E-state index is -0.192. The van der Waals surface area contributed by atoms with Crippen molar-refractivity contribution in [3.63, 3.8) is 0 Å². The molecule has 1 aromatic carbocycles. The molecule has 0 aliphatic carbocycles. The van der Waals surface area contributed by atoms with Gasteiger partial charge in [0, 0.05) is 11.1 Å². The van der Waals surface area contributed by atoms with E-state index in [1.807, 2.05) is 19.9 Å². The molecule has 0 fully saturated rings. The Morgan fingerprint density at radius 3 is 2.78 bits per heavy atom. The van der Waals surface area contributed by atoms with Gasteiger partial charge in [-0.1, -0.05) is 22.9 Å². The van der Waals surface area contributed by atoms with Gasteiger partial charge >= 0.3 is 0 Å². The highest BCUT2D eigenvalue weighted by molar-refractivity contribution is 9.10. The second-order valence-corrected chi connectivity index (χ2v) is 4.70. The zero-order valence-corrected chi connectivity index (χ0v) is 12.9. The molecule has 18 heavy (non-hydrogen) atoms. The van der Waals surface area contributed by atoms with E-state index in [1.165, 1.54) is 0 Å². The third-order valence-corrected chi connectivity index (χ3v) is 2.67. The second-order valence-electron chi connectivity index (χ2n) is 3.78. The number of hydrogen-bond acceptors (Lipinski definition) is 3. The lowest BCUT2D eigenvalue weighted by atomic mass is 10.2. The smallest absolute Gasteiger partial charge is 0.250 e. The Morgan fingerprint density at radius 2 is 2.17 bits per heavy atom. The normalized spacial score (nSPS) is 9.72.